The highest BCUT2D eigenvalue weighted by Crippen LogP contribution is 2.17. The fourth-order valence-corrected chi connectivity index (χ4v) is 1.95. The lowest BCUT2D eigenvalue weighted by Gasteiger charge is -2.07. The quantitative estimate of drug-likeness (QED) is 0.877. The third kappa shape index (κ3) is 3.56. The first-order valence-electron chi connectivity index (χ1n) is 5.85. The van der Waals surface area contributed by atoms with Gasteiger partial charge in [-0.3, -0.25) is 0 Å². The van der Waals surface area contributed by atoms with Gasteiger partial charge in [-0.15, -0.1) is 0 Å². The van der Waals surface area contributed by atoms with Crippen molar-refractivity contribution in [3.8, 4) is 0 Å². The molecule has 0 unspecified atom stereocenters. The standard InChI is InChI=1S/C15H15ClFN/c1-11-2-4-12(5-3-11)9-18-10-13-6-7-14(17)8-15(13)16/h2-8,18H,9-10H2,1H3. The molecule has 1 N–H and O–H groups in total. The SMILES string of the molecule is Cc1ccc(CNCc2ccc(F)cc2Cl)cc1. The molecule has 2 aromatic rings. The zero-order valence-electron chi connectivity index (χ0n) is 10.2. The molecule has 94 valence electrons. The van der Waals surface area contributed by atoms with E-state index in [9.17, 15) is 4.39 Å². The third-order valence-electron chi connectivity index (χ3n) is 2.78. The Morgan fingerprint density at radius 2 is 1.78 bits per heavy atom. The fraction of sp³-hybridized carbons (Fsp3) is 0.200. The number of benzene rings is 2. The summed E-state index contributed by atoms with van der Waals surface area (Å²) in [6.45, 7) is 3.47. The topological polar surface area (TPSA) is 12.0 Å². The molecule has 0 aliphatic heterocycles. The molecule has 0 heterocycles. The van der Waals surface area contributed by atoms with Crippen molar-refractivity contribution >= 4 is 11.6 Å². The maximum absolute atomic E-state index is 12.9. The van der Waals surface area contributed by atoms with Crippen molar-refractivity contribution in [2.45, 2.75) is 20.0 Å². The predicted molar refractivity (Wildman–Crippen MR) is 73.1 cm³/mol. The lowest BCUT2D eigenvalue weighted by Crippen LogP contribution is -2.13. The Balaban J connectivity index is 1.90. The second-order valence-electron chi connectivity index (χ2n) is 4.32. The second-order valence-corrected chi connectivity index (χ2v) is 4.73. The van der Waals surface area contributed by atoms with E-state index in [2.05, 4.69) is 36.5 Å². The highest BCUT2D eigenvalue weighted by Gasteiger charge is 2.01. The van der Waals surface area contributed by atoms with E-state index in [0.717, 1.165) is 12.1 Å². The van der Waals surface area contributed by atoms with Crippen LogP contribution in [-0.4, -0.2) is 0 Å². The minimum Gasteiger partial charge on any atom is -0.309 e. The van der Waals surface area contributed by atoms with Crippen molar-refractivity contribution in [3.05, 3.63) is 70.0 Å². The van der Waals surface area contributed by atoms with Crippen molar-refractivity contribution in [1.82, 2.24) is 5.32 Å². The van der Waals surface area contributed by atoms with E-state index in [4.69, 9.17) is 11.6 Å². The lowest BCUT2D eigenvalue weighted by molar-refractivity contribution is 0.625. The molecule has 0 aliphatic carbocycles. The van der Waals surface area contributed by atoms with Gasteiger partial charge in [0, 0.05) is 18.1 Å². The molecule has 0 fully saturated rings. The zero-order valence-corrected chi connectivity index (χ0v) is 11.0. The molecule has 1 nitrogen and oxygen atoms in total. The lowest BCUT2D eigenvalue weighted by atomic mass is 10.1. The van der Waals surface area contributed by atoms with E-state index < -0.39 is 0 Å². The van der Waals surface area contributed by atoms with Crippen molar-refractivity contribution < 1.29 is 4.39 Å². The minimum absolute atomic E-state index is 0.303. The smallest absolute Gasteiger partial charge is 0.124 e. The van der Waals surface area contributed by atoms with Gasteiger partial charge in [-0.1, -0.05) is 47.5 Å². The second kappa shape index (κ2) is 5.98. The predicted octanol–water partition coefficient (Wildman–Crippen LogP) is 4.08. The van der Waals surface area contributed by atoms with Gasteiger partial charge in [-0.05, 0) is 30.2 Å². The van der Waals surface area contributed by atoms with Crippen LogP contribution in [0.3, 0.4) is 0 Å². The van der Waals surface area contributed by atoms with E-state index in [1.54, 1.807) is 6.07 Å². The number of rotatable bonds is 4. The fourth-order valence-electron chi connectivity index (χ4n) is 1.71. The van der Waals surface area contributed by atoms with E-state index in [0.29, 0.717) is 11.6 Å². The summed E-state index contributed by atoms with van der Waals surface area (Å²) >= 11 is 5.95. The van der Waals surface area contributed by atoms with Gasteiger partial charge in [-0.2, -0.15) is 0 Å². The summed E-state index contributed by atoms with van der Waals surface area (Å²) in [7, 11) is 0. The molecular weight excluding hydrogens is 249 g/mol. The Morgan fingerprint density at radius 3 is 2.44 bits per heavy atom. The van der Waals surface area contributed by atoms with E-state index in [-0.39, 0.29) is 5.82 Å². The number of aryl methyl sites for hydroxylation is 1. The maximum atomic E-state index is 12.9. The van der Waals surface area contributed by atoms with E-state index in [1.165, 1.54) is 23.3 Å². The first-order chi connectivity index (χ1) is 8.65. The number of hydrogen-bond acceptors (Lipinski definition) is 1. The van der Waals surface area contributed by atoms with Crippen LogP contribution in [0.5, 0.6) is 0 Å². The Labute approximate surface area is 112 Å². The van der Waals surface area contributed by atoms with Gasteiger partial charge in [0.2, 0.25) is 0 Å². The molecule has 2 aromatic carbocycles. The van der Waals surface area contributed by atoms with Crippen LogP contribution in [-0.2, 0) is 13.1 Å². The van der Waals surface area contributed by atoms with Crippen LogP contribution < -0.4 is 5.32 Å². The molecular formula is C15H15ClFN. The third-order valence-corrected chi connectivity index (χ3v) is 3.13. The zero-order chi connectivity index (χ0) is 13.0. The summed E-state index contributed by atoms with van der Waals surface area (Å²) in [5, 5.41) is 3.76. The van der Waals surface area contributed by atoms with Gasteiger partial charge in [-0.25, -0.2) is 4.39 Å². The van der Waals surface area contributed by atoms with Crippen LogP contribution in [0.4, 0.5) is 4.39 Å². The summed E-state index contributed by atoms with van der Waals surface area (Å²) in [4.78, 5) is 0. The molecule has 0 aromatic heterocycles. The first kappa shape index (κ1) is 13.1. The van der Waals surface area contributed by atoms with Crippen LogP contribution in [0, 0.1) is 12.7 Å². The summed E-state index contributed by atoms with van der Waals surface area (Å²) in [6.07, 6.45) is 0. The van der Waals surface area contributed by atoms with E-state index in [1.807, 2.05) is 0 Å². The Hall–Kier alpha value is -1.38. The highest BCUT2D eigenvalue weighted by atomic mass is 35.5. The van der Waals surface area contributed by atoms with Gasteiger partial charge in [0.15, 0.2) is 0 Å². The maximum Gasteiger partial charge on any atom is 0.124 e. The summed E-state index contributed by atoms with van der Waals surface area (Å²) < 4.78 is 12.9. The summed E-state index contributed by atoms with van der Waals surface area (Å²) in [6, 6.07) is 12.8. The van der Waals surface area contributed by atoms with Gasteiger partial charge in [0.1, 0.15) is 5.82 Å². The molecule has 18 heavy (non-hydrogen) atoms. The van der Waals surface area contributed by atoms with Gasteiger partial charge in [0.05, 0.1) is 0 Å². The molecule has 0 bridgehead atoms. The summed E-state index contributed by atoms with van der Waals surface area (Å²) in [5.41, 5.74) is 3.38. The molecule has 0 spiro atoms. The molecule has 0 radical (unpaired) electrons. The Bertz CT molecular complexity index is 523. The van der Waals surface area contributed by atoms with Crippen LogP contribution in [0.2, 0.25) is 5.02 Å². The van der Waals surface area contributed by atoms with Crippen molar-refractivity contribution in [2.75, 3.05) is 0 Å². The van der Waals surface area contributed by atoms with Gasteiger partial charge < -0.3 is 5.32 Å². The van der Waals surface area contributed by atoms with Crippen LogP contribution in [0.25, 0.3) is 0 Å². The Morgan fingerprint density at radius 1 is 1.06 bits per heavy atom. The average Bonchev–Trinajstić information content (AvgIpc) is 2.34. The summed E-state index contributed by atoms with van der Waals surface area (Å²) in [5.74, 6) is -0.303. The van der Waals surface area contributed by atoms with Gasteiger partial charge in [0.25, 0.3) is 0 Å². The molecule has 0 saturated carbocycles. The van der Waals surface area contributed by atoms with E-state index >= 15 is 0 Å². The normalized spacial score (nSPS) is 10.6. The van der Waals surface area contributed by atoms with Crippen LogP contribution in [0.1, 0.15) is 16.7 Å². The number of halogens is 2. The molecule has 0 amide bonds. The molecule has 0 atom stereocenters. The monoisotopic (exact) mass is 263 g/mol. The number of nitrogens with one attached hydrogen (secondary N) is 1. The Kier molecular flexibility index (Phi) is 4.34. The largest absolute Gasteiger partial charge is 0.309 e. The van der Waals surface area contributed by atoms with Crippen molar-refractivity contribution in [3.63, 3.8) is 0 Å². The molecule has 0 saturated heterocycles. The molecule has 3 heteroatoms. The average molecular weight is 264 g/mol. The molecule has 0 aliphatic rings. The molecule has 2 rings (SSSR count). The van der Waals surface area contributed by atoms with Crippen LogP contribution in [0.15, 0.2) is 42.5 Å². The minimum atomic E-state index is -0.303. The highest BCUT2D eigenvalue weighted by molar-refractivity contribution is 6.31. The van der Waals surface area contributed by atoms with Gasteiger partial charge >= 0.3 is 0 Å². The van der Waals surface area contributed by atoms with Crippen molar-refractivity contribution in [2.24, 2.45) is 0 Å². The van der Waals surface area contributed by atoms with Crippen LogP contribution >= 0.6 is 11.6 Å². The first-order valence-corrected chi connectivity index (χ1v) is 6.23. The van der Waals surface area contributed by atoms with Crippen molar-refractivity contribution in [1.29, 1.82) is 0 Å². The number of hydrogen-bond donors (Lipinski definition) is 1.